The van der Waals surface area contributed by atoms with Gasteiger partial charge in [-0.05, 0) is 31.9 Å². The lowest BCUT2D eigenvalue weighted by molar-refractivity contribution is -0.123. The molecule has 2 rings (SSSR count). The van der Waals surface area contributed by atoms with Crippen molar-refractivity contribution < 1.29 is 9.53 Å². The summed E-state index contributed by atoms with van der Waals surface area (Å²) >= 11 is 0. The summed E-state index contributed by atoms with van der Waals surface area (Å²) in [4.78, 5) is 20.7. The summed E-state index contributed by atoms with van der Waals surface area (Å²) in [7, 11) is 0. The topological polar surface area (TPSA) is 64.1 Å². The number of aryl methyl sites for hydroxylation is 1. The number of fused-ring (bicyclic) bond motifs is 1. The molecule has 1 N–H and O–H groups in total. The van der Waals surface area contributed by atoms with E-state index in [1.165, 1.54) is 0 Å². The van der Waals surface area contributed by atoms with E-state index in [0.717, 1.165) is 23.9 Å². The summed E-state index contributed by atoms with van der Waals surface area (Å²) in [5.41, 5.74) is 2.27. The number of aromatic nitrogens is 2. The van der Waals surface area contributed by atoms with Crippen LogP contribution in [0.4, 0.5) is 0 Å². The lowest BCUT2D eigenvalue weighted by Crippen LogP contribution is -2.37. The van der Waals surface area contributed by atoms with E-state index in [1.807, 2.05) is 45.0 Å². The van der Waals surface area contributed by atoms with E-state index in [4.69, 9.17) is 4.74 Å². The predicted octanol–water partition coefficient (Wildman–Crippen LogP) is 2.62. The summed E-state index contributed by atoms with van der Waals surface area (Å²) in [5.74, 6) is 0.284. The van der Waals surface area contributed by atoms with Gasteiger partial charge in [0.2, 0.25) is 5.88 Å². The fraction of sp³-hybridized carbons (Fsp3) is 0.438. The lowest BCUT2D eigenvalue weighted by atomic mass is 10.2. The molecule has 0 aliphatic heterocycles. The van der Waals surface area contributed by atoms with E-state index in [2.05, 4.69) is 15.3 Å². The van der Waals surface area contributed by atoms with Gasteiger partial charge in [0.25, 0.3) is 5.91 Å². The van der Waals surface area contributed by atoms with Gasteiger partial charge in [-0.25, -0.2) is 9.97 Å². The van der Waals surface area contributed by atoms with Crippen molar-refractivity contribution in [2.75, 3.05) is 6.61 Å². The zero-order valence-electron chi connectivity index (χ0n) is 12.7. The largest absolute Gasteiger partial charge is 0.466 e. The van der Waals surface area contributed by atoms with Gasteiger partial charge >= 0.3 is 0 Å². The highest BCUT2D eigenvalue weighted by Crippen LogP contribution is 2.17. The number of ether oxygens (including phenoxy) is 1. The average molecular weight is 287 g/mol. The Morgan fingerprint density at radius 3 is 2.43 bits per heavy atom. The highest BCUT2D eigenvalue weighted by Gasteiger charge is 2.11. The highest BCUT2D eigenvalue weighted by molar-refractivity contribution is 5.78. The number of hydrogen-bond donors (Lipinski definition) is 1. The maximum absolute atomic E-state index is 11.8. The third kappa shape index (κ3) is 3.90. The van der Waals surface area contributed by atoms with Crippen molar-refractivity contribution in [2.24, 2.45) is 0 Å². The second-order valence-corrected chi connectivity index (χ2v) is 4.97. The van der Waals surface area contributed by atoms with Crippen molar-refractivity contribution >= 4 is 16.9 Å². The standard InChI is InChI=1S/C16H21N3O2/c1-4-12(5-2)18-15(20)10-21-16-11(3)17-13-8-6-7-9-14(13)19-16/h6-9,12H,4-5,10H2,1-3H3,(H,18,20). The Morgan fingerprint density at radius 2 is 1.81 bits per heavy atom. The first-order valence-corrected chi connectivity index (χ1v) is 7.29. The zero-order chi connectivity index (χ0) is 15.2. The molecule has 1 aromatic heterocycles. The second kappa shape index (κ2) is 7.02. The number of amides is 1. The molecule has 0 saturated carbocycles. The molecule has 21 heavy (non-hydrogen) atoms. The van der Waals surface area contributed by atoms with Crippen molar-refractivity contribution in [3.05, 3.63) is 30.0 Å². The molecule has 0 atom stereocenters. The molecule has 112 valence electrons. The van der Waals surface area contributed by atoms with Crippen LogP contribution in [0, 0.1) is 6.92 Å². The minimum absolute atomic E-state index is 0.0373. The molecular weight excluding hydrogens is 266 g/mol. The van der Waals surface area contributed by atoms with Crippen molar-refractivity contribution in [1.29, 1.82) is 0 Å². The molecule has 0 unspecified atom stereocenters. The molecule has 0 aliphatic rings. The Labute approximate surface area is 124 Å². The van der Waals surface area contributed by atoms with Crippen LogP contribution in [-0.4, -0.2) is 28.5 Å². The van der Waals surface area contributed by atoms with E-state index < -0.39 is 0 Å². The van der Waals surface area contributed by atoms with Gasteiger partial charge in [-0.2, -0.15) is 0 Å². The molecule has 5 nitrogen and oxygen atoms in total. The number of hydrogen-bond acceptors (Lipinski definition) is 4. The molecule has 0 fully saturated rings. The smallest absolute Gasteiger partial charge is 0.258 e. The third-order valence-electron chi connectivity index (χ3n) is 3.39. The third-order valence-corrected chi connectivity index (χ3v) is 3.39. The molecule has 1 heterocycles. The Balaban J connectivity index is 2.03. The number of carbonyl (C=O) groups is 1. The molecule has 2 aromatic rings. The van der Waals surface area contributed by atoms with Crippen LogP contribution in [0.5, 0.6) is 5.88 Å². The lowest BCUT2D eigenvalue weighted by Gasteiger charge is -2.15. The SMILES string of the molecule is CCC(CC)NC(=O)COc1nc2ccccc2nc1C. The number of nitrogens with zero attached hydrogens (tertiary/aromatic N) is 2. The maximum atomic E-state index is 11.8. The van der Waals surface area contributed by atoms with Gasteiger partial charge in [0.15, 0.2) is 6.61 Å². The Morgan fingerprint density at radius 1 is 1.19 bits per heavy atom. The molecule has 0 aliphatic carbocycles. The summed E-state index contributed by atoms with van der Waals surface area (Å²) < 4.78 is 5.51. The van der Waals surface area contributed by atoms with Crippen LogP contribution in [0.25, 0.3) is 11.0 Å². The van der Waals surface area contributed by atoms with Gasteiger partial charge in [-0.1, -0.05) is 26.0 Å². The van der Waals surface area contributed by atoms with Crippen molar-refractivity contribution in [2.45, 2.75) is 39.7 Å². The fourth-order valence-corrected chi connectivity index (χ4v) is 2.10. The number of carbonyl (C=O) groups excluding carboxylic acids is 1. The normalized spacial score (nSPS) is 10.9. The van der Waals surface area contributed by atoms with E-state index in [0.29, 0.717) is 11.6 Å². The van der Waals surface area contributed by atoms with Gasteiger partial charge in [-0.15, -0.1) is 0 Å². The van der Waals surface area contributed by atoms with Crippen LogP contribution in [0.1, 0.15) is 32.4 Å². The van der Waals surface area contributed by atoms with Crippen LogP contribution in [0.15, 0.2) is 24.3 Å². The monoisotopic (exact) mass is 287 g/mol. The summed E-state index contributed by atoms with van der Waals surface area (Å²) in [6.45, 7) is 5.89. The Bertz CT molecular complexity index is 624. The quantitative estimate of drug-likeness (QED) is 0.887. The van der Waals surface area contributed by atoms with Gasteiger partial charge in [0.05, 0.1) is 11.0 Å². The molecular formula is C16H21N3O2. The van der Waals surface area contributed by atoms with E-state index in [1.54, 1.807) is 0 Å². The molecule has 0 saturated heterocycles. The Kier molecular flexibility index (Phi) is 5.09. The second-order valence-electron chi connectivity index (χ2n) is 4.97. The maximum Gasteiger partial charge on any atom is 0.258 e. The molecule has 1 amide bonds. The van der Waals surface area contributed by atoms with Gasteiger partial charge in [0, 0.05) is 6.04 Å². The van der Waals surface area contributed by atoms with Gasteiger partial charge in [-0.3, -0.25) is 4.79 Å². The van der Waals surface area contributed by atoms with E-state index in [-0.39, 0.29) is 18.6 Å². The summed E-state index contributed by atoms with van der Waals surface area (Å²) in [6.07, 6.45) is 1.83. The summed E-state index contributed by atoms with van der Waals surface area (Å²) in [5, 5.41) is 2.93. The van der Waals surface area contributed by atoms with Crippen molar-refractivity contribution in [1.82, 2.24) is 15.3 Å². The Hall–Kier alpha value is -2.17. The minimum Gasteiger partial charge on any atom is -0.466 e. The predicted molar refractivity (Wildman–Crippen MR) is 82.3 cm³/mol. The highest BCUT2D eigenvalue weighted by atomic mass is 16.5. The van der Waals surface area contributed by atoms with Crippen LogP contribution >= 0.6 is 0 Å². The van der Waals surface area contributed by atoms with Crippen LogP contribution in [0.2, 0.25) is 0 Å². The first-order chi connectivity index (χ1) is 10.1. The molecule has 5 heteroatoms. The fourth-order valence-electron chi connectivity index (χ4n) is 2.10. The number of nitrogens with one attached hydrogen (secondary N) is 1. The van der Waals surface area contributed by atoms with Crippen molar-refractivity contribution in [3.63, 3.8) is 0 Å². The van der Waals surface area contributed by atoms with Crippen LogP contribution in [-0.2, 0) is 4.79 Å². The van der Waals surface area contributed by atoms with E-state index in [9.17, 15) is 4.79 Å². The molecule has 1 aromatic carbocycles. The average Bonchev–Trinajstić information content (AvgIpc) is 2.50. The van der Waals surface area contributed by atoms with Crippen LogP contribution < -0.4 is 10.1 Å². The van der Waals surface area contributed by atoms with E-state index >= 15 is 0 Å². The van der Waals surface area contributed by atoms with Crippen LogP contribution in [0.3, 0.4) is 0 Å². The molecule has 0 bridgehead atoms. The summed E-state index contributed by atoms with van der Waals surface area (Å²) in [6, 6.07) is 7.79. The first-order valence-electron chi connectivity index (χ1n) is 7.29. The van der Waals surface area contributed by atoms with Gasteiger partial charge in [0.1, 0.15) is 5.69 Å². The number of para-hydroxylation sites is 2. The molecule has 0 spiro atoms. The van der Waals surface area contributed by atoms with Gasteiger partial charge < -0.3 is 10.1 Å². The molecule has 0 radical (unpaired) electrons. The first kappa shape index (κ1) is 15.2. The minimum atomic E-state index is -0.127. The zero-order valence-corrected chi connectivity index (χ0v) is 12.7. The van der Waals surface area contributed by atoms with Crippen molar-refractivity contribution in [3.8, 4) is 5.88 Å². The number of benzene rings is 1. The number of rotatable bonds is 6.